The molecule has 2 N–H and O–H groups in total. The van der Waals surface area contributed by atoms with Crippen molar-refractivity contribution in [2.45, 2.75) is 26.3 Å². The molecule has 3 aromatic rings. The Morgan fingerprint density at radius 3 is 2.71 bits per heavy atom. The fourth-order valence-corrected chi connectivity index (χ4v) is 4.29. The van der Waals surface area contributed by atoms with Crippen molar-refractivity contribution in [1.29, 1.82) is 0 Å². The van der Waals surface area contributed by atoms with E-state index in [0.29, 0.717) is 15.0 Å². The zero-order valence-corrected chi connectivity index (χ0v) is 18.5. The van der Waals surface area contributed by atoms with E-state index in [2.05, 4.69) is 36.8 Å². The Morgan fingerprint density at radius 2 is 2.04 bits per heavy atom. The first-order valence-electron chi connectivity index (χ1n) is 8.72. The number of amides is 2. The van der Waals surface area contributed by atoms with Gasteiger partial charge >= 0.3 is 0 Å². The molecule has 0 saturated heterocycles. The van der Waals surface area contributed by atoms with Crippen LogP contribution in [0.4, 0.5) is 5.13 Å². The molecule has 0 aliphatic carbocycles. The summed E-state index contributed by atoms with van der Waals surface area (Å²) in [6.07, 6.45) is 0.752. The topological polar surface area (TPSA) is 84.0 Å². The van der Waals surface area contributed by atoms with Gasteiger partial charge in [0.05, 0.1) is 4.88 Å². The molecule has 146 valence electrons. The summed E-state index contributed by atoms with van der Waals surface area (Å²) in [6.45, 7) is 3.92. The van der Waals surface area contributed by atoms with E-state index in [1.807, 2.05) is 49.6 Å². The SMILES string of the molecule is CC[C@H](C)[C@@H](NC(=O)c1cccs1)C(=O)Nc1nnc(-c2cccc(Br)c2)s1. The van der Waals surface area contributed by atoms with Gasteiger partial charge in [-0.15, -0.1) is 21.5 Å². The Kier molecular flexibility index (Phi) is 6.93. The number of nitrogens with zero attached hydrogens (tertiary/aromatic N) is 2. The fourth-order valence-electron chi connectivity index (χ4n) is 2.52. The van der Waals surface area contributed by atoms with Gasteiger partial charge in [0.25, 0.3) is 5.91 Å². The van der Waals surface area contributed by atoms with Crippen molar-refractivity contribution in [3.63, 3.8) is 0 Å². The number of nitrogens with one attached hydrogen (secondary N) is 2. The van der Waals surface area contributed by atoms with Crippen molar-refractivity contribution in [2.24, 2.45) is 5.92 Å². The fraction of sp³-hybridized carbons (Fsp3) is 0.263. The minimum Gasteiger partial charge on any atom is -0.339 e. The van der Waals surface area contributed by atoms with E-state index in [-0.39, 0.29) is 17.7 Å². The van der Waals surface area contributed by atoms with Gasteiger partial charge in [0.2, 0.25) is 11.0 Å². The first-order chi connectivity index (χ1) is 13.5. The van der Waals surface area contributed by atoms with Crippen molar-refractivity contribution < 1.29 is 9.59 Å². The molecule has 6 nitrogen and oxygen atoms in total. The third-order valence-corrected chi connectivity index (χ3v) is 6.50. The number of benzene rings is 1. The molecule has 0 aliphatic rings. The van der Waals surface area contributed by atoms with Crippen LogP contribution in [0.1, 0.15) is 29.9 Å². The van der Waals surface area contributed by atoms with Gasteiger partial charge in [-0.2, -0.15) is 0 Å². The standard InChI is InChI=1S/C19H19BrN4O2S2/c1-3-11(2)15(21-16(25)14-8-5-9-27-14)17(26)22-19-24-23-18(28-19)12-6-4-7-13(20)10-12/h4-11,15H,3H2,1-2H3,(H,21,25)(H,22,24,26)/t11-,15+/m0/s1. The number of hydrogen-bond donors (Lipinski definition) is 2. The zero-order chi connectivity index (χ0) is 20.1. The number of hydrogen-bond acceptors (Lipinski definition) is 6. The third-order valence-electron chi connectivity index (χ3n) is 4.25. The molecule has 2 amide bonds. The maximum absolute atomic E-state index is 12.8. The largest absolute Gasteiger partial charge is 0.339 e. The lowest BCUT2D eigenvalue weighted by Crippen LogP contribution is -2.47. The van der Waals surface area contributed by atoms with E-state index in [1.54, 1.807) is 6.07 Å². The number of halogens is 1. The summed E-state index contributed by atoms with van der Waals surface area (Å²) in [5.41, 5.74) is 0.914. The van der Waals surface area contributed by atoms with Crippen LogP contribution < -0.4 is 10.6 Å². The van der Waals surface area contributed by atoms with Crippen LogP contribution >= 0.6 is 38.6 Å². The van der Waals surface area contributed by atoms with Crippen molar-refractivity contribution in [2.75, 3.05) is 5.32 Å². The van der Waals surface area contributed by atoms with Gasteiger partial charge in [-0.05, 0) is 29.5 Å². The first kappa shape index (κ1) is 20.6. The van der Waals surface area contributed by atoms with Crippen molar-refractivity contribution in [3.8, 4) is 10.6 Å². The lowest BCUT2D eigenvalue weighted by atomic mass is 9.98. The quantitative estimate of drug-likeness (QED) is 0.509. The maximum atomic E-state index is 12.8. The number of anilines is 1. The van der Waals surface area contributed by atoms with E-state index in [4.69, 9.17) is 0 Å². The van der Waals surface area contributed by atoms with Crippen LogP contribution in [-0.2, 0) is 4.79 Å². The lowest BCUT2D eigenvalue weighted by Gasteiger charge is -2.22. The summed E-state index contributed by atoms with van der Waals surface area (Å²) in [7, 11) is 0. The van der Waals surface area contributed by atoms with Gasteiger partial charge in [-0.3, -0.25) is 14.9 Å². The van der Waals surface area contributed by atoms with Gasteiger partial charge in [0, 0.05) is 10.0 Å². The van der Waals surface area contributed by atoms with Crippen LogP contribution in [0.2, 0.25) is 0 Å². The average molecular weight is 479 g/mol. The van der Waals surface area contributed by atoms with E-state index >= 15 is 0 Å². The van der Waals surface area contributed by atoms with E-state index in [1.165, 1.54) is 22.7 Å². The molecule has 0 fully saturated rings. The molecule has 2 atom stereocenters. The smallest absolute Gasteiger partial charge is 0.262 e. The molecule has 3 rings (SSSR count). The molecule has 2 aromatic heterocycles. The highest BCUT2D eigenvalue weighted by atomic mass is 79.9. The zero-order valence-electron chi connectivity index (χ0n) is 15.3. The Labute approximate surface area is 179 Å². The number of carbonyl (C=O) groups is 2. The number of rotatable bonds is 7. The molecule has 0 saturated carbocycles. The molecule has 9 heteroatoms. The number of thiophene rings is 1. The van der Waals surface area contributed by atoms with E-state index in [9.17, 15) is 9.59 Å². The molecule has 0 unspecified atom stereocenters. The highest BCUT2D eigenvalue weighted by Crippen LogP contribution is 2.28. The van der Waals surface area contributed by atoms with E-state index < -0.39 is 6.04 Å². The summed E-state index contributed by atoms with van der Waals surface area (Å²) >= 11 is 6.07. The maximum Gasteiger partial charge on any atom is 0.262 e. The van der Waals surface area contributed by atoms with Crippen LogP contribution in [0.25, 0.3) is 10.6 Å². The Balaban J connectivity index is 1.72. The summed E-state index contributed by atoms with van der Waals surface area (Å²) in [5, 5.41) is 16.8. The Bertz CT molecular complexity index is 959. The predicted octanol–water partition coefficient (Wildman–Crippen LogP) is 4.81. The number of carbonyl (C=O) groups excluding carboxylic acids is 2. The Hall–Kier alpha value is -2.10. The highest BCUT2D eigenvalue weighted by Gasteiger charge is 2.27. The third kappa shape index (κ3) is 5.03. The molecule has 0 aliphatic heterocycles. The minimum atomic E-state index is -0.655. The predicted molar refractivity (Wildman–Crippen MR) is 117 cm³/mol. The monoisotopic (exact) mass is 478 g/mol. The van der Waals surface area contributed by atoms with E-state index in [0.717, 1.165) is 16.5 Å². The second kappa shape index (κ2) is 9.40. The van der Waals surface area contributed by atoms with Crippen LogP contribution in [-0.4, -0.2) is 28.1 Å². The lowest BCUT2D eigenvalue weighted by molar-refractivity contribution is -0.119. The molecule has 2 heterocycles. The van der Waals surface area contributed by atoms with Crippen LogP contribution in [0.5, 0.6) is 0 Å². The van der Waals surface area contributed by atoms with Gasteiger partial charge in [-0.1, -0.05) is 65.7 Å². The van der Waals surface area contributed by atoms with Gasteiger partial charge in [0.1, 0.15) is 11.0 Å². The summed E-state index contributed by atoms with van der Waals surface area (Å²) in [5.74, 6) is -0.569. The Morgan fingerprint density at radius 1 is 1.21 bits per heavy atom. The average Bonchev–Trinajstić information content (AvgIpc) is 3.37. The van der Waals surface area contributed by atoms with Gasteiger partial charge in [-0.25, -0.2) is 0 Å². The van der Waals surface area contributed by atoms with Gasteiger partial charge < -0.3 is 5.32 Å². The van der Waals surface area contributed by atoms with Crippen LogP contribution in [0.3, 0.4) is 0 Å². The second-order valence-corrected chi connectivity index (χ2v) is 9.07. The van der Waals surface area contributed by atoms with Crippen LogP contribution in [0, 0.1) is 5.92 Å². The first-order valence-corrected chi connectivity index (χ1v) is 11.2. The molecule has 0 spiro atoms. The highest BCUT2D eigenvalue weighted by molar-refractivity contribution is 9.10. The van der Waals surface area contributed by atoms with Crippen molar-refractivity contribution in [1.82, 2.24) is 15.5 Å². The number of aromatic nitrogens is 2. The molecule has 0 radical (unpaired) electrons. The molecule has 28 heavy (non-hydrogen) atoms. The molecule has 1 aromatic carbocycles. The molecule has 0 bridgehead atoms. The summed E-state index contributed by atoms with van der Waals surface area (Å²) in [6, 6.07) is 10.6. The minimum absolute atomic E-state index is 0.0265. The van der Waals surface area contributed by atoms with Crippen molar-refractivity contribution in [3.05, 3.63) is 51.1 Å². The second-order valence-electron chi connectivity index (χ2n) is 6.23. The molecular formula is C19H19BrN4O2S2. The summed E-state index contributed by atoms with van der Waals surface area (Å²) < 4.78 is 0.943. The van der Waals surface area contributed by atoms with Crippen molar-refractivity contribution >= 4 is 55.5 Å². The normalized spacial score (nSPS) is 13.0. The van der Waals surface area contributed by atoms with Gasteiger partial charge in [0.15, 0.2) is 0 Å². The van der Waals surface area contributed by atoms with Crippen LogP contribution in [0.15, 0.2) is 46.3 Å². The molecular weight excluding hydrogens is 460 g/mol. The summed E-state index contributed by atoms with van der Waals surface area (Å²) in [4.78, 5) is 25.8.